The molecule has 3 heterocycles. The van der Waals surface area contributed by atoms with Crippen molar-refractivity contribution in [1.82, 2.24) is 24.9 Å². The lowest BCUT2D eigenvalue weighted by atomic mass is 9.93. The lowest BCUT2D eigenvalue weighted by molar-refractivity contribution is 1.07. The third-order valence-electron chi connectivity index (χ3n) is 8.78. The summed E-state index contributed by atoms with van der Waals surface area (Å²) in [4.78, 5) is 24.6. The fraction of sp³-hybridized carbons (Fsp3) is 0. The van der Waals surface area contributed by atoms with Crippen molar-refractivity contribution in [1.29, 1.82) is 0 Å². The lowest BCUT2D eigenvalue weighted by Gasteiger charge is -2.13. The summed E-state index contributed by atoms with van der Waals surface area (Å²) in [7, 11) is 0. The molecule has 6 aromatic carbocycles. The molecule has 0 radical (unpaired) electrons. The van der Waals surface area contributed by atoms with E-state index >= 15 is 0 Å². The molecule has 0 aliphatic rings. The van der Waals surface area contributed by atoms with E-state index < -0.39 is 0 Å². The van der Waals surface area contributed by atoms with Gasteiger partial charge in [0, 0.05) is 40.2 Å². The molecule has 0 N–H and O–H groups in total. The number of pyridine rings is 2. The second-order valence-corrected chi connectivity index (χ2v) is 11.8. The van der Waals surface area contributed by atoms with E-state index in [1.165, 1.54) is 32.3 Å². The molecule has 0 unspecified atom stereocenters. The van der Waals surface area contributed by atoms with Crippen molar-refractivity contribution in [3.8, 4) is 56.7 Å². The van der Waals surface area contributed by atoms with Crippen molar-refractivity contribution in [2.75, 3.05) is 0 Å². The number of rotatable bonds is 5. The summed E-state index contributed by atoms with van der Waals surface area (Å²) in [5.74, 6) is 1.81. The predicted octanol–water partition coefficient (Wildman–Crippen LogP) is 10.5. The standard InChI is InChI=1S/C43H27N5/c1-2-12-28(13-3-1)41-46-42(29-20-21-37-35-16-5-4-14-33(35)34-15-6-7-17-36(34)38(37)27-29)48-43(47-41)32-25-30(39-18-8-10-22-44-39)24-31(26-32)40-19-9-11-23-45-40/h1-27H. The topological polar surface area (TPSA) is 64.5 Å². The van der Waals surface area contributed by atoms with Gasteiger partial charge >= 0.3 is 0 Å². The smallest absolute Gasteiger partial charge is 0.164 e. The molecule has 5 nitrogen and oxygen atoms in total. The van der Waals surface area contributed by atoms with Crippen LogP contribution in [0.2, 0.25) is 0 Å². The summed E-state index contributed by atoms with van der Waals surface area (Å²) in [6.45, 7) is 0. The van der Waals surface area contributed by atoms with Gasteiger partial charge in [0.1, 0.15) is 0 Å². The maximum atomic E-state index is 5.16. The van der Waals surface area contributed by atoms with Gasteiger partial charge in [0.25, 0.3) is 0 Å². The van der Waals surface area contributed by atoms with Gasteiger partial charge in [-0.05, 0) is 80.8 Å². The molecule has 0 bridgehead atoms. The van der Waals surface area contributed by atoms with Gasteiger partial charge in [-0.2, -0.15) is 0 Å². The van der Waals surface area contributed by atoms with Crippen LogP contribution in [0.4, 0.5) is 0 Å². The molecule has 0 amide bonds. The molecule has 0 fully saturated rings. The van der Waals surface area contributed by atoms with Crippen LogP contribution in [0.5, 0.6) is 0 Å². The molecule has 48 heavy (non-hydrogen) atoms. The largest absolute Gasteiger partial charge is 0.256 e. The fourth-order valence-corrected chi connectivity index (χ4v) is 6.52. The Bertz CT molecular complexity index is 2510. The summed E-state index contributed by atoms with van der Waals surface area (Å²) in [5, 5.41) is 7.28. The molecule has 0 saturated heterocycles. The minimum atomic E-state index is 0.581. The summed E-state index contributed by atoms with van der Waals surface area (Å²) in [6.07, 6.45) is 3.62. The van der Waals surface area contributed by atoms with E-state index in [4.69, 9.17) is 15.0 Å². The molecule has 0 saturated carbocycles. The molecule has 0 spiro atoms. The van der Waals surface area contributed by atoms with Crippen LogP contribution < -0.4 is 0 Å². The highest BCUT2D eigenvalue weighted by Crippen LogP contribution is 2.37. The number of nitrogens with zero attached hydrogens (tertiary/aromatic N) is 5. The number of hydrogen-bond donors (Lipinski definition) is 0. The number of aromatic nitrogens is 5. The first kappa shape index (κ1) is 27.7. The highest BCUT2D eigenvalue weighted by Gasteiger charge is 2.17. The molecule has 224 valence electrons. The molecule has 0 aliphatic heterocycles. The van der Waals surface area contributed by atoms with Crippen molar-refractivity contribution in [3.05, 3.63) is 164 Å². The first-order chi connectivity index (χ1) is 23.8. The van der Waals surface area contributed by atoms with E-state index in [1.807, 2.05) is 79.1 Å². The van der Waals surface area contributed by atoms with Crippen molar-refractivity contribution < 1.29 is 0 Å². The van der Waals surface area contributed by atoms with Crippen LogP contribution in [-0.4, -0.2) is 24.9 Å². The van der Waals surface area contributed by atoms with Gasteiger partial charge < -0.3 is 0 Å². The molecular weight excluding hydrogens is 587 g/mol. The average molecular weight is 614 g/mol. The van der Waals surface area contributed by atoms with Gasteiger partial charge in [-0.25, -0.2) is 15.0 Å². The highest BCUT2D eigenvalue weighted by atomic mass is 15.0. The third-order valence-corrected chi connectivity index (χ3v) is 8.78. The van der Waals surface area contributed by atoms with Crippen LogP contribution in [-0.2, 0) is 0 Å². The molecule has 3 aromatic heterocycles. The van der Waals surface area contributed by atoms with Crippen LogP contribution in [0, 0.1) is 0 Å². The maximum absolute atomic E-state index is 5.16. The Balaban J connectivity index is 1.29. The molecule has 0 aliphatic carbocycles. The predicted molar refractivity (Wildman–Crippen MR) is 195 cm³/mol. The van der Waals surface area contributed by atoms with Gasteiger partial charge in [-0.3, -0.25) is 9.97 Å². The Hall–Kier alpha value is -6.59. The molecule has 9 aromatic rings. The van der Waals surface area contributed by atoms with Crippen molar-refractivity contribution >= 4 is 32.3 Å². The van der Waals surface area contributed by atoms with E-state index in [0.717, 1.165) is 39.2 Å². The van der Waals surface area contributed by atoms with E-state index in [1.54, 1.807) is 0 Å². The molecule has 9 rings (SSSR count). The zero-order valence-electron chi connectivity index (χ0n) is 25.8. The van der Waals surface area contributed by atoms with Crippen molar-refractivity contribution in [3.63, 3.8) is 0 Å². The monoisotopic (exact) mass is 613 g/mol. The average Bonchev–Trinajstić information content (AvgIpc) is 3.18. The third kappa shape index (κ3) is 4.95. The van der Waals surface area contributed by atoms with E-state index in [2.05, 4.69) is 94.9 Å². The summed E-state index contributed by atoms with van der Waals surface area (Å²) < 4.78 is 0. The molecular formula is C43H27N5. The maximum Gasteiger partial charge on any atom is 0.164 e. The number of benzene rings is 6. The number of hydrogen-bond acceptors (Lipinski definition) is 5. The Morgan fingerprint density at radius 2 is 0.708 bits per heavy atom. The first-order valence-corrected chi connectivity index (χ1v) is 15.9. The van der Waals surface area contributed by atoms with Crippen LogP contribution in [0.25, 0.3) is 89.0 Å². The Labute approximate surface area is 277 Å². The van der Waals surface area contributed by atoms with Crippen LogP contribution in [0.1, 0.15) is 0 Å². The quantitative estimate of drug-likeness (QED) is 0.181. The van der Waals surface area contributed by atoms with E-state index in [9.17, 15) is 0 Å². The first-order valence-electron chi connectivity index (χ1n) is 15.9. The summed E-state index contributed by atoms with van der Waals surface area (Å²) in [6, 6.07) is 52.0. The minimum Gasteiger partial charge on any atom is -0.256 e. The van der Waals surface area contributed by atoms with Crippen molar-refractivity contribution in [2.24, 2.45) is 0 Å². The van der Waals surface area contributed by atoms with Crippen LogP contribution in [0.15, 0.2) is 164 Å². The van der Waals surface area contributed by atoms with E-state index in [-0.39, 0.29) is 0 Å². The van der Waals surface area contributed by atoms with Crippen LogP contribution in [0.3, 0.4) is 0 Å². The Morgan fingerprint density at radius 1 is 0.271 bits per heavy atom. The van der Waals surface area contributed by atoms with Crippen molar-refractivity contribution in [2.45, 2.75) is 0 Å². The summed E-state index contributed by atoms with van der Waals surface area (Å²) >= 11 is 0. The zero-order valence-corrected chi connectivity index (χ0v) is 25.8. The summed E-state index contributed by atoms with van der Waals surface area (Å²) in [5.41, 5.74) is 6.35. The SMILES string of the molecule is c1ccc(-c2nc(-c3cc(-c4ccccn4)cc(-c4ccccn4)c3)nc(-c3ccc4c5ccccc5c5ccccc5c4c3)n2)cc1. The minimum absolute atomic E-state index is 0.581. The van der Waals surface area contributed by atoms with Crippen LogP contribution >= 0.6 is 0 Å². The highest BCUT2D eigenvalue weighted by molar-refractivity contribution is 6.25. The van der Waals surface area contributed by atoms with E-state index in [0.29, 0.717) is 17.5 Å². The zero-order chi connectivity index (χ0) is 31.9. The Morgan fingerprint density at radius 3 is 1.25 bits per heavy atom. The van der Waals surface area contributed by atoms with Gasteiger partial charge in [-0.1, -0.05) is 103 Å². The second kappa shape index (κ2) is 11.6. The lowest BCUT2D eigenvalue weighted by Crippen LogP contribution is -2.01. The van der Waals surface area contributed by atoms with Gasteiger partial charge in [0.2, 0.25) is 0 Å². The Kier molecular flexibility index (Phi) is 6.72. The van der Waals surface area contributed by atoms with Gasteiger partial charge in [0.15, 0.2) is 17.5 Å². The molecule has 5 heteroatoms. The second-order valence-electron chi connectivity index (χ2n) is 11.8. The normalized spacial score (nSPS) is 11.3. The van der Waals surface area contributed by atoms with Gasteiger partial charge in [0.05, 0.1) is 11.4 Å². The molecule has 0 atom stereocenters. The van der Waals surface area contributed by atoms with Gasteiger partial charge in [-0.15, -0.1) is 0 Å². The number of fused-ring (bicyclic) bond motifs is 6. The fourth-order valence-electron chi connectivity index (χ4n) is 6.52.